The third-order valence-corrected chi connectivity index (χ3v) is 3.54. The second-order valence-corrected chi connectivity index (χ2v) is 5.83. The summed E-state index contributed by atoms with van der Waals surface area (Å²) >= 11 is 5.92. The van der Waals surface area contributed by atoms with Crippen LogP contribution in [0, 0.1) is 11.8 Å². The minimum atomic E-state index is -0.382. The summed E-state index contributed by atoms with van der Waals surface area (Å²) in [5.41, 5.74) is 1.45. The molecule has 0 aliphatic heterocycles. The van der Waals surface area contributed by atoms with Gasteiger partial charge in [-0.25, -0.2) is 9.97 Å². The number of aromatic nitrogens is 3. The van der Waals surface area contributed by atoms with E-state index in [1.54, 1.807) is 36.7 Å². The maximum atomic E-state index is 12.4. The summed E-state index contributed by atoms with van der Waals surface area (Å²) in [6.45, 7) is 1.96. The van der Waals surface area contributed by atoms with E-state index >= 15 is 0 Å². The molecule has 3 aromatic rings. The highest BCUT2D eigenvalue weighted by Crippen LogP contribution is 2.25. The van der Waals surface area contributed by atoms with Gasteiger partial charge in [-0.15, -0.1) is 0 Å². The Kier molecular flexibility index (Phi) is 5.98. The average Bonchev–Trinajstić information content (AvgIpc) is 2.67. The van der Waals surface area contributed by atoms with E-state index in [-0.39, 0.29) is 11.6 Å². The Labute approximate surface area is 161 Å². The number of rotatable bonds is 4. The maximum absolute atomic E-state index is 12.4. The molecule has 134 valence electrons. The first-order valence-corrected chi connectivity index (χ1v) is 8.51. The number of nitrogens with zero attached hydrogens (tertiary/aromatic N) is 3. The van der Waals surface area contributed by atoms with Gasteiger partial charge in [0.2, 0.25) is 0 Å². The van der Waals surface area contributed by atoms with Gasteiger partial charge >= 0.3 is 0 Å². The van der Waals surface area contributed by atoms with E-state index in [2.05, 4.69) is 32.1 Å². The van der Waals surface area contributed by atoms with Crippen molar-refractivity contribution in [2.45, 2.75) is 13.3 Å². The van der Waals surface area contributed by atoms with Gasteiger partial charge in [-0.05, 0) is 24.3 Å². The van der Waals surface area contributed by atoms with Crippen molar-refractivity contribution in [3.05, 3.63) is 71.5 Å². The Morgan fingerprint density at radius 3 is 2.74 bits per heavy atom. The Morgan fingerprint density at radius 2 is 2.00 bits per heavy atom. The largest absolute Gasteiger partial charge is 0.454 e. The zero-order chi connectivity index (χ0) is 19.1. The summed E-state index contributed by atoms with van der Waals surface area (Å²) < 4.78 is 5.77. The third kappa shape index (κ3) is 5.27. The van der Waals surface area contributed by atoms with Gasteiger partial charge in [0, 0.05) is 35.0 Å². The molecular weight excluding hydrogens is 364 g/mol. The molecule has 2 aromatic heterocycles. The van der Waals surface area contributed by atoms with Crippen LogP contribution < -0.4 is 10.1 Å². The number of nitrogens with one attached hydrogen (secondary N) is 1. The van der Waals surface area contributed by atoms with Crippen molar-refractivity contribution >= 4 is 23.2 Å². The van der Waals surface area contributed by atoms with Crippen LogP contribution in [0.15, 0.2) is 55.2 Å². The van der Waals surface area contributed by atoms with Gasteiger partial charge in [0.1, 0.15) is 17.8 Å². The smallest absolute Gasteiger partial charge is 0.274 e. The van der Waals surface area contributed by atoms with Crippen LogP contribution in [0.5, 0.6) is 11.5 Å². The van der Waals surface area contributed by atoms with Gasteiger partial charge in [-0.1, -0.05) is 30.4 Å². The van der Waals surface area contributed by atoms with E-state index in [9.17, 15) is 4.79 Å². The normalized spacial score (nSPS) is 9.85. The van der Waals surface area contributed by atoms with Crippen molar-refractivity contribution in [2.24, 2.45) is 0 Å². The van der Waals surface area contributed by atoms with E-state index in [4.69, 9.17) is 16.3 Å². The molecule has 3 rings (SSSR count). The molecule has 1 amide bonds. The molecule has 2 heterocycles. The molecule has 0 aliphatic carbocycles. The summed E-state index contributed by atoms with van der Waals surface area (Å²) in [4.78, 5) is 24.3. The molecule has 0 bridgehead atoms. The topological polar surface area (TPSA) is 77.0 Å². The molecule has 0 radical (unpaired) electrons. The lowest BCUT2D eigenvalue weighted by Crippen LogP contribution is -2.13. The predicted octanol–water partition coefficient (Wildman–Crippen LogP) is 4.33. The van der Waals surface area contributed by atoms with E-state index < -0.39 is 0 Å². The summed E-state index contributed by atoms with van der Waals surface area (Å²) in [5, 5.41) is 3.23. The maximum Gasteiger partial charge on any atom is 0.274 e. The van der Waals surface area contributed by atoms with E-state index in [0.29, 0.717) is 34.2 Å². The second-order valence-electron chi connectivity index (χ2n) is 5.39. The van der Waals surface area contributed by atoms with Crippen molar-refractivity contribution in [3.8, 4) is 23.3 Å². The summed E-state index contributed by atoms with van der Waals surface area (Å²) in [5.74, 6) is 6.63. The quantitative estimate of drug-likeness (QED) is 0.684. The lowest BCUT2D eigenvalue weighted by Gasteiger charge is -2.10. The highest BCUT2D eigenvalue weighted by atomic mass is 35.5. The van der Waals surface area contributed by atoms with Crippen molar-refractivity contribution in [3.63, 3.8) is 0 Å². The lowest BCUT2D eigenvalue weighted by atomic mass is 10.1. The van der Waals surface area contributed by atoms with Crippen LogP contribution in [-0.4, -0.2) is 20.9 Å². The van der Waals surface area contributed by atoms with Crippen LogP contribution in [0.1, 0.15) is 29.4 Å². The number of hydrogen-bond acceptors (Lipinski definition) is 5. The van der Waals surface area contributed by atoms with Crippen LogP contribution in [0.2, 0.25) is 5.02 Å². The number of hydrogen-bond donors (Lipinski definition) is 1. The van der Waals surface area contributed by atoms with E-state index in [1.165, 1.54) is 18.6 Å². The highest BCUT2D eigenvalue weighted by molar-refractivity contribution is 6.30. The average molecular weight is 379 g/mol. The van der Waals surface area contributed by atoms with Gasteiger partial charge in [-0.2, -0.15) is 0 Å². The molecule has 0 fully saturated rings. The molecule has 0 aliphatic rings. The molecule has 0 unspecified atom stereocenters. The number of amides is 1. The Hall–Kier alpha value is -3.43. The number of halogens is 1. The Balaban J connectivity index is 1.89. The molecule has 27 heavy (non-hydrogen) atoms. The molecule has 6 nitrogen and oxygen atoms in total. The highest BCUT2D eigenvalue weighted by Gasteiger charge is 2.10. The van der Waals surface area contributed by atoms with E-state index in [1.807, 2.05) is 6.92 Å². The molecule has 1 aromatic carbocycles. The van der Waals surface area contributed by atoms with Gasteiger partial charge in [0.25, 0.3) is 5.91 Å². The number of carbonyl (C=O) groups is 1. The minimum Gasteiger partial charge on any atom is -0.454 e. The lowest BCUT2D eigenvalue weighted by molar-refractivity contribution is 0.102. The van der Waals surface area contributed by atoms with Gasteiger partial charge in [-0.3, -0.25) is 9.78 Å². The molecule has 0 atom stereocenters. The van der Waals surface area contributed by atoms with Crippen LogP contribution in [0.25, 0.3) is 0 Å². The zero-order valence-corrected chi connectivity index (χ0v) is 15.2. The zero-order valence-electron chi connectivity index (χ0n) is 14.4. The fourth-order valence-corrected chi connectivity index (χ4v) is 2.35. The van der Waals surface area contributed by atoms with Crippen LogP contribution in [0.3, 0.4) is 0 Å². The number of carbonyl (C=O) groups excluding carboxylic acids is 1. The molecular formula is C20H15ClN4O2. The number of anilines is 1. The first-order chi connectivity index (χ1) is 13.1. The Morgan fingerprint density at radius 1 is 1.19 bits per heavy atom. The number of benzene rings is 1. The third-order valence-electron chi connectivity index (χ3n) is 3.30. The van der Waals surface area contributed by atoms with Gasteiger partial charge in [0.05, 0.1) is 12.4 Å². The monoisotopic (exact) mass is 378 g/mol. The van der Waals surface area contributed by atoms with Crippen molar-refractivity contribution in [1.82, 2.24) is 15.0 Å². The van der Waals surface area contributed by atoms with Gasteiger partial charge < -0.3 is 10.1 Å². The fourth-order valence-electron chi connectivity index (χ4n) is 2.19. The minimum absolute atomic E-state index is 0.214. The standard InChI is InChI=1S/C20H15ClN4O2/c1-2-3-4-14-7-16(25-20(26)19-9-15(21)5-6-24-19)10-17(8-14)27-18-11-22-13-23-12-18/h5-13H,2H2,1H3,(H,25,26). The van der Waals surface area contributed by atoms with Gasteiger partial charge in [0.15, 0.2) is 5.75 Å². The van der Waals surface area contributed by atoms with Crippen molar-refractivity contribution in [2.75, 3.05) is 5.32 Å². The first-order valence-electron chi connectivity index (χ1n) is 8.14. The summed E-state index contributed by atoms with van der Waals surface area (Å²) in [7, 11) is 0. The van der Waals surface area contributed by atoms with Crippen molar-refractivity contribution in [1.29, 1.82) is 0 Å². The fraction of sp³-hybridized carbons (Fsp3) is 0.100. The summed E-state index contributed by atoms with van der Waals surface area (Å²) in [6, 6.07) is 8.33. The van der Waals surface area contributed by atoms with Crippen LogP contribution >= 0.6 is 11.6 Å². The van der Waals surface area contributed by atoms with E-state index in [0.717, 1.165) is 0 Å². The first kappa shape index (κ1) is 18.4. The van der Waals surface area contributed by atoms with Crippen LogP contribution in [-0.2, 0) is 0 Å². The number of pyridine rings is 1. The molecule has 0 saturated carbocycles. The molecule has 0 saturated heterocycles. The van der Waals surface area contributed by atoms with Crippen LogP contribution in [0.4, 0.5) is 5.69 Å². The number of ether oxygens (including phenoxy) is 1. The molecule has 0 spiro atoms. The Bertz CT molecular complexity index is 1010. The molecule has 1 N–H and O–H groups in total. The predicted molar refractivity (Wildman–Crippen MR) is 103 cm³/mol. The van der Waals surface area contributed by atoms with Crippen molar-refractivity contribution < 1.29 is 9.53 Å². The molecule has 7 heteroatoms. The SMILES string of the molecule is CCC#Cc1cc(NC(=O)c2cc(Cl)ccn2)cc(Oc2cncnc2)c1. The summed E-state index contributed by atoms with van der Waals surface area (Å²) in [6.07, 6.45) is 6.70. The second kappa shape index (κ2) is 8.79.